The van der Waals surface area contributed by atoms with E-state index in [9.17, 15) is 0 Å². The molecule has 0 fully saturated rings. The summed E-state index contributed by atoms with van der Waals surface area (Å²) in [7, 11) is 1.61. The highest BCUT2D eigenvalue weighted by Crippen LogP contribution is 2.19. The van der Waals surface area contributed by atoms with Gasteiger partial charge in [0.05, 0.1) is 18.5 Å². The lowest BCUT2D eigenvalue weighted by atomic mass is 10.4. The summed E-state index contributed by atoms with van der Waals surface area (Å²) in [4.78, 5) is 8.67. The molecule has 0 saturated carbocycles. The molecule has 2 aromatic rings. The number of imidazole rings is 1. The molecular formula is C14H25N3O. The summed E-state index contributed by atoms with van der Waals surface area (Å²) in [6.07, 6.45) is 1.97. The molecule has 2 heterocycles. The molecule has 0 aliphatic heterocycles. The fourth-order valence-electron chi connectivity index (χ4n) is 1.50. The molecule has 0 unspecified atom stereocenters. The molecule has 18 heavy (non-hydrogen) atoms. The van der Waals surface area contributed by atoms with Crippen molar-refractivity contribution in [2.24, 2.45) is 0 Å². The number of nitrogens with zero attached hydrogens (tertiary/aromatic N) is 3. The molecule has 0 aliphatic rings. The predicted octanol–water partition coefficient (Wildman–Crippen LogP) is 3.72. The summed E-state index contributed by atoms with van der Waals surface area (Å²) < 4.78 is 7.19. The van der Waals surface area contributed by atoms with Crippen molar-refractivity contribution in [3.63, 3.8) is 0 Å². The van der Waals surface area contributed by atoms with Crippen molar-refractivity contribution in [1.82, 2.24) is 14.4 Å². The molecule has 4 heteroatoms. The molecule has 0 saturated heterocycles. The van der Waals surface area contributed by atoms with E-state index in [1.807, 2.05) is 59.1 Å². The number of hydrogen-bond donors (Lipinski definition) is 0. The first-order chi connectivity index (χ1) is 8.63. The van der Waals surface area contributed by atoms with Gasteiger partial charge in [-0.1, -0.05) is 27.7 Å². The minimum absolute atomic E-state index is 0.584. The number of fused-ring (bicyclic) bond motifs is 1. The van der Waals surface area contributed by atoms with Crippen LogP contribution in [-0.2, 0) is 0 Å². The van der Waals surface area contributed by atoms with Gasteiger partial charge in [0.1, 0.15) is 0 Å². The summed E-state index contributed by atoms with van der Waals surface area (Å²) in [5.41, 5.74) is 3.85. The van der Waals surface area contributed by atoms with Crippen LogP contribution in [0, 0.1) is 20.8 Å². The van der Waals surface area contributed by atoms with Gasteiger partial charge in [-0.05, 0) is 20.8 Å². The number of aromatic nitrogens is 3. The Balaban J connectivity index is 0.000000659. The number of rotatable bonds is 1. The van der Waals surface area contributed by atoms with E-state index in [1.165, 1.54) is 0 Å². The molecule has 0 bridgehead atoms. The maximum atomic E-state index is 5.18. The third-order valence-electron chi connectivity index (χ3n) is 2.37. The quantitative estimate of drug-likeness (QED) is 0.775. The van der Waals surface area contributed by atoms with Crippen LogP contribution >= 0.6 is 0 Å². The summed E-state index contributed by atoms with van der Waals surface area (Å²) in [5, 5.41) is 0. The van der Waals surface area contributed by atoms with E-state index >= 15 is 0 Å². The van der Waals surface area contributed by atoms with Gasteiger partial charge in [0, 0.05) is 11.9 Å². The van der Waals surface area contributed by atoms with Gasteiger partial charge in [-0.25, -0.2) is 9.97 Å². The van der Waals surface area contributed by atoms with Gasteiger partial charge >= 0.3 is 0 Å². The van der Waals surface area contributed by atoms with Crippen molar-refractivity contribution in [1.29, 1.82) is 0 Å². The Morgan fingerprint density at radius 3 is 2.06 bits per heavy atom. The van der Waals surface area contributed by atoms with Crippen LogP contribution in [0.25, 0.3) is 5.65 Å². The monoisotopic (exact) mass is 251 g/mol. The normalized spacial score (nSPS) is 9.11. The highest BCUT2D eigenvalue weighted by Gasteiger charge is 2.10. The van der Waals surface area contributed by atoms with Gasteiger partial charge in [-0.3, -0.25) is 4.40 Å². The van der Waals surface area contributed by atoms with Gasteiger partial charge < -0.3 is 4.74 Å². The second-order valence-electron chi connectivity index (χ2n) is 3.37. The van der Waals surface area contributed by atoms with Gasteiger partial charge in [0.25, 0.3) is 5.88 Å². The zero-order chi connectivity index (χ0) is 14.3. The Morgan fingerprint density at radius 2 is 1.56 bits per heavy atom. The minimum Gasteiger partial charge on any atom is -0.478 e. The molecule has 0 atom stereocenters. The number of ether oxygens (including phenoxy) is 1. The van der Waals surface area contributed by atoms with E-state index in [-0.39, 0.29) is 0 Å². The van der Waals surface area contributed by atoms with Crippen molar-refractivity contribution in [2.45, 2.75) is 48.5 Å². The smallest absolute Gasteiger partial charge is 0.258 e. The first-order valence-electron chi connectivity index (χ1n) is 6.50. The Kier molecular flexibility index (Phi) is 7.01. The van der Waals surface area contributed by atoms with E-state index in [1.54, 1.807) is 7.11 Å². The Labute approximate surface area is 110 Å². The van der Waals surface area contributed by atoms with Gasteiger partial charge in [-0.2, -0.15) is 0 Å². The summed E-state index contributed by atoms with van der Waals surface area (Å²) in [6.45, 7) is 14.0. The molecular weight excluding hydrogens is 226 g/mol. The average Bonchev–Trinajstić information content (AvgIpc) is 2.70. The third kappa shape index (κ3) is 3.22. The lowest BCUT2D eigenvalue weighted by molar-refractivity contribution is 0.399. The van der Waals surface area contributed by atoms with Crippen LogP contribution in [0.2, 0.25) is 0 Å². The highest BCUT2D eigenvalue weighted by molar-refractivity contribution is 5.52. The van der Waals surface area contributed by atoms with E-state index in [0.29, 0.717) is 5.88 Å². The van der Waals surface area contributed by atoms with Crippen LogP contribution in [0.4, 0.5) is 0 Å². The lowest BCUT2D eigenvalue weighted by Crippen LogP contribution is -1.97. The third-order valence-corrected chi connectivity index (χ3v) is 2.37. The second-order valence-corrected chi connectivity index (χ2v) is 3.37. The predicted molar refractivity (Wildman–Crippen MR) is 76.4 cm³/mol. The fourth-order valence-corrected chi connectivity index (χ4v) is 1.50. The van der Waals surface area contributed by atoms with Crippen LogP contribution in [0.1, 0.15) is 44.8 Å². The molecule has 0 N–H and O–H groups in total. The largest absolute Gasteiger partial charge is 0.478 e. The second kappa shape index (κ2) is 7.69. The number of methoxy groups -OCH3 is 1. The summed E-state index contributed by atoms with van der Waals surface area (Å²) in [6, 6.07) is 0. The molecule has 0 spiro atoms. The Hall–Kier alpha value is -1.58. The topological polar surface area (TPSA) is 39.4 Å². The van der Waals surface area contributed by atoms with Gasteiger partial charge in [-0.15, -0.1) is 0 Å². The van der Waals surface area contributed by atoms with E-state index in [0.717, 1.165) is 22.7 Å². The van der Waals surface area contributed by atoms with E-state index in [4.69, 9.17) is 4.74 Å². The van der Waals surface area contributed by atoms with E-state index < -0.39 is 0 Å². The standard InChI is InChI=1S/C10H13N3O.2C2H6/c1-6-5-13-8(3)7(2)12-9(13)10(11-6)14-4;2*1-2/h5H,1-4H3;2*1-2H3. The maximum absolute atomic E-state index is 5.18. The van der Waals surface area contributed by atoms with Crippen molar-refractivity contribution in [2.75, 3.05) is 7.11 Å². The first-order valence-corrected chi connectivity index (χ1v) is 6.50. The Bertz CT molecular complexity index is 489. The van der Waals surface area contributed by atoms with Crippen molar-refractivity contribution >= 4 is 5.65 Å². The van der Waals surface area contributed by atoms with Crippen LogP contribution in [0.3, 0.4) is 0 Å². The Morgan fingerprint density at radius 1 is 1.00 bits per heavy atom. The zero-order valence-corrected chi connectivity index (χ0v) is 12.8. The van der Waals surface area contributed by atoms with E-state index in [2.05, 4.69) is 9.97 Å². The molecule has 4 nitrogen and oxygen atoms in total. The first kappa shape index (κ1) is 16.4. The van der Waals surface area contributed by atoms with Crippen LogP contribution in [0.15, 0.2) is 6.20 Å². The van der Waals surface area contributed by atoms with Gasteiger partial charge in [0.2, 0.25) is 5.65 Å². The molecule has 102 valence electrons. The lowest BCUT2D eigenvalue weighted by Gasteiger charge is -2.03. The fraction of sp³-hybridized carbons (Fsp3) is 0.571. The maximum Gasteiger partial charge on any atom is 0.258 e. The number of hydrogen-bond acceptors (Lipinski definition) is 3. The van der Waals surface area contributed by atoms with Crippen molar-refractivity contribution in [3.05, 3.63) is 23.3 Å². The van der Waals surface area contributed by atoms with Gasteiger partial charge in [0.15, 0.2) is 0 Å². The molecule has 0 aromatic carbocycles. The number of aryl methyl sites for hydroxylation is 3. The van der Waals surface area contributed by atoms with Crippen molar-refractivity contribution in [3.8, 4) is 5.88 Å². The molecule has 0 radical (unpaired) electrons. The molecule has 0 aliphatic carbocycles. The average molecular weight is 251 g/mol. The minimum atomic E-state index is 0.584. The van der Waals surface area contributed by atoms with Crippen LogP contribution < -0.4 is 4.74 Å². The molecule has 2 rings (SSSR count). The van der Waals surface area contributed by atoms with Crippen molar-refractivity contribution < 1.29 is 4.74 Å². The summed E-state index contributed by atoms with van der Waals surface area (Å²) in [5.74, 6) is 0.584. The van der Waals surface area contributed by atoms with Crippen LogP contribution in [-0.4, -0.2) is 21.5 Å². The van der Waals surface area contributed by atoms with Crippen LogP contribution in [0.5, 0.6) is 5.88 Å². The SMILES string of the molecule is CC.CC.COc1nc(C)cn2c(C)c(C)nc12. The zero-order valence-electron chi connectivity index (χ0n) is 12.8. The molecule has 2 aromatic heterocycles. The molecule has 0 amide bonds. The highest BCUT2D eigenvalue weighted by atomic mass is 16.5. The summed E-state index contributed by atoms with van der Waals surface area (Å²) >= 11 is 0.